The molecular formula is H4O4Se8W. The molecule has 0 bridgehead atoms. The molecule has 82 valence electrons. The van der Waals surface area contributed by atoms with Crippen molar-refractivity contribution in [3.05, 3.63) is 0 Å². The van der Waals surface area contributed by atoms with Gasteiger partial charge in [0.05, 0.1) is 0 Å². The second kappa shape index (κ2) is 56.1. The third kappa shape index (κ3) is 193. The molecule has 0 saturated heterocycles. The van der Waals surface area contributed by atoms with E-state index in [0.29, 0.717) is 0 Å². The van der Waals surface area contributed by atoms with Gasteiger partial charge in [0.2, 0.25) is 0 Å². The van der Waals surface area contributed by atoms with Crippen LogP contribution in [0.1, 0.15) is 0 Å². The van der Waals surface area contributed by atoms with Crippen molar-refractivity contribution in [3.63, 3.8) is 0 Å². The Morgan fingerprint density at radius 3 is 0.538 bits per heavy atom. The third-order valence-corrected chi connectivity index (χ3v) is 0. The van der Waals surface area contributed by atoms with Crippen molar-refractivity contribution in [2.24, 2.45) is 0 Å². The molecule has 0 spiro atoms. The van der Waals surface area contributed by atoms with E-state index in [1.807, 2.05) is 0 Å². The minimum absolute atomic E-state index is 0. The van der Waals surface area contributed by atoms with Crippen LogP contribution in [0.5, 0.6) is 0 Å². The van der Waals surface area contributed by atoms with Crippen LogP contribution in [0.3, 0.4) is 0 Å². The van der Waals surface area contributed by atoms with Crippen LogP contribution >= 0.6 is 0 Å². The SMILES string of the molecule is O=[SeH-]=[Se].O=[SeH-]=[Se].O=[SeH-]=[Se].O=[SeH-]=[Se].[W+4]. The van der Waals surface area contributed by atoms with Gasteiger partial charge in [-0.05, 0) is 0 Å². The van der Waals surface area contributed by atoms with Crippen molar-refractivity contribution < 1.29 is 36.4 Å². The largest absolute Gasteiger partial charge is 4.00 e. The van der Waals surface area contributed by atoms with Gasteiger partial charge in [0.1, 0.15) is 0 Å². The van der Waals surface area contributed by atoms with Crippen molar-refractivity contribution in [2.75, 3.05) is 0 Å². The maximum Gasteiger partial charge on any atom is 4.00 e. The Kier molecular flexibility index (Phi) is 131. The van der Waals surface area contributed by atoms with Crippen LogP contribution in [0.2, 0.25) is 0 Å². The molecule has 0 amide bonds. The molecule has 0 aliphatic carbocycles. The Hall–Kier alpha value is 4.04. The zero-order valence-corrected chi connectivity index (χ0v) is 22.8. The summed E-state index contributed by atoms with van der Waals surface area (Å²) in [5, 5.41) is 0. The minimum atomic E-state index is -0.688. The van der Waals surface area contributed by atoms with Gasteiger partial charge in [-0.15, -0.1) is 0 Å². The minimum Gasteiger partial charge on any atom is 4.00 e. The van der Waals surface area contributed by atoms with Crippen LogP contribution in [0.25, 0.3) is 0 Å². The summed E-state index contributed by atoms with van der Waals surface area (Å²) >= 11 is 6.62. The maximum absolute atomic E-state index is 8.97. The van der Waals surface area contributed by atoms with Gasteiger partial charge < -0.3 is 0 Å². The summed E-state index contributed by atoms with van der Waals surface area (Å²) in [6.45, 7) is 0. The Bertz CT molecular complexity index is 148. The van der Waals surface area contributed by atoms with Crippen LogP contribution in [0, 0.1) is 0 Å². The molecule has 0 aromatic rings. The van der Waals surface area contributed by atoms with Gasteiger partial charge >= 0.3 is 141 Å². The van der Waals surface area contributed by atoms with Crippen molar-refractivity contribution in [2.45, 2.75) is 0 Å². The van der Waals surface area contributed by atoms with Crippen LogP contribution in [-0.4, -0.2) is 105 Å². The first kappa shape index (κ1) is 30.2. The molecule has 0 aromatic heterocycles. The van der Waals surface area contributed by atoms with Crippen LogP contribution < -0.4 is 0 Å². The molecule has 0 rings (SSSR count). The molecule has 0 radical (unpaired) electrons. The second-order valence-electron chi connectivity index (χ2n) is 0.298. The predicted octanol–water partition coefficient (Wildman–Crippen LogP) is -4.59. The van der Waals surface area contributed by atoms with E-state index < -0.39 is 50.1 Å². The summed E-state index contributed by atoms with van der Waals surface area (Å²) in [5.74, 6) is 0. The van der Waals surface area contributed by atoms with E-state index in [1.165, 1.54) is 0 Å². The summed E-state index contributed by atoms with van der Waals surface area (Å²) in [4.78, 5) is 0. The molecule has 0 heterocycles. The average Bonchev–Trinajstić information content (AvgIpc) is 1.92. The Morgan fingerprint density at radius 2 is 0.538 bits per heavy atom. The molecule has 0 unspecified atom stereocenters. The average molecular weight is 884 g/mol. The van der Waals surface area contributed by atoms with Gasteiger partial charge in [-0.25, -0.2) is 0 Å². The normalized spacial score (nSPS) is 4.92. The summed E-state index contributed by atoms with van der Waals surface area (Å²) in [7, 11) is 0. The van der Waals surface area contributed by atoms with E-state index in [9.17, 15) is 0 Å². The fourth-order valence-electron chi connectivity index (χ4n) is 0. The topological polar surface area (TPSA) is 68.3 Å². The van der Waals surface area contributed by atoms with Gasteiger partial charge in [-0.1, -0.05) is 0 Å². The molecule has 0 aromatic carbocycles. The smallest absolute Gasteiger partial charge is 4.00 e. The number of hydrogen-bond acceptors (Lipinski definition) is 4. The summed E-state index contributed by atoms with van der Waals surface area (Å²) < 4.78 is 35.9. The molecule has 13 heavy (non-hydrogen) atoms. The van der Waals surface area contributed by atoms with Crippen LogP contribution in [0.4, 0.5) is 0 Å². The van der Waals surface area contributed by atoms with Gasteiger partial charge in [-0.3, -0.25) is 0 Å². The molecule has 13 heteroatoms. The first-order valence-corrected chi connectivity index (χ1v) is 23.5. The van der Waals surface area contributed by atoms with Crippen molar-refractivity contribution in [1.29, 1.82) is 0 Å². The molecule has 0 fully saturated rings. The van der Waals surface area contributed by atoms with Gasteiger partial charge in [0.15, 0.2) is 0 Å². The summed E-state index contributed by atoms with van der Waals surface area (Å²) in [6.07, 6.45) is 0. The number of rotatable bonds is 0. The molecule has 0 N–H and O–H groups in total. The predicted molar refractivity (Wildman–Crippen MR) is 54.4 cm³/mol. The van der Waals surface area contributed by atoms with E-state index >= 15 is 0 Å². The monoisotopic (exact) mass is 891 g/mol. The van der Waals surface area contributed by atoms with Crippen LogP contribution in [-0.2, 0) is 36.4 Å². The maximum atomic E-state index is 8.97. The standard InChI is InChI=1S/4HOSe2.W/c4*1-3-2;/h4*3H;/q4*-1;+4. The third-order valence-electron chi connectivity index (χ3n) is 0. The summed E-state index contributed by atoms with van der Waals surface area (Å²) in [6, 6.07) is 0. The van der Waals surface area contributed by atoms with Crippen molar-refractivity contribution in [3.8, 4) is 0 Å². The van der Waals surface area contributed by atoms with E-state index in [4.69, 9.17) is 15.3 Å². The molecular weight excluding hydrogens is 880 g/mol. The van der Waals surface area contributed by atoms with Gasteiger partial charge in [0.25, 0.3) is 0 Å². The molecule has 0 aliphatic rings. The quantitative estimate of drug-likeness (QED) is 0.230. The fourth-order valence-corrected chi connectivity index (χ4v) is 0. The molecule has 4 nitrogen and oxygen atoms in total. The van der Waals surface area contributed by atoms with E-state index in [1.54, 1.807) is 0 Å². The second-order valence-corrected chi connectivity index (χ2v) is 8.05. The van der Waals surface area contributed by atoms with E-state index in [-0.39, 0.29) is 21.1 Å². The Morgan fingerprint density at radius 1 is 0.538 bits per heavy atom. The molecule has 0 atom stereocenters. The zero-order valence-electron chi connectivity index (χ0n) is 5.46. The first-order valence-electron chi connectivity index (χ1n) is 1.46. The van der Waals surface area contributed by atoms with E-state index in [2.05, 4.69) is 54.6 Å². The summed E-state index contributed by atoms with van der Waals surface area (Å²) in [5.41, 5.74) is 0. The fraction of sp³-hybridized carbons (Fsp3) is 0. The molecule has 0 aliphatic heterocycles. The molecule has 0 saturated carbocycles. The van der Waals surface area contributed by atoms with E-state index in [0.717, 1.165) is 0 Å². The van der Waals surface area contributed by atoms with Gasteiger partial charge in [-0.2, -0.15) is 0 Å². The van der Waals surface area contributed by atoms with Crippen molar-refractivity contribution in [1.82, 2.24) is 0 Å². The Labute approximate surface area is 138 Å². The van der Waals surface area contributed by atoms with Crippen molar-refractivity contribution >= 4 is 105 Å². The Balaban J connectivity index is -0.0000000213. The van der Waals surface area contributed by atoms with Gasteiger partial charge in [0, 0.05) is 0 Å². The first-order chi connectivity index (χ1) is 5.66. The zero-order chi connectivity index (χ0) is 10.8. The van der Waals surface area contributed by atoms with Crippen LogP contribution in [0.15, 0.2) is 0 Å². The number of hydrogen-bond donors (Lipinski definition) is 0.